The van der Waals surface area contributed by atoms with Crippen molar-refractivity contribution in [3.05, 3.63) is 87.9 Å². The zero-order chi connectivity index (χ0) is 33.5. The molecule has 2 fully saturated rings. The number of hydrogen-bond acceptors (Lipinski definition) is 7. The van der Waals surface area contributed by atoms with Gasteiger partial charge in [-0.05, 0) is 36.1 Å². The average Bonchev–Trinajstić information content (AvgIpc) is 3.65. The fourth-order valence-electron chi connectivity index (χ4n) is 7.26. The maximum absolute atomic E-state index is 15.0. The summed E-state index contributed by atoms with van der Waals surface area (Å²) in [4.78, 5) is 59.6. The summed E-state index contributed by atoms with van der Waals surface area (Å²) in [5, 5.41) is 14.0. The summed E-state index contributed by atoms with van der Waals surface area (Å²) in [6.45, 7) is 3.32. The Balaban J connectivity index is 1.50. The Hall–Kier alpha value is -3.51. The van der Waals surface area contributed by atoms with Gasteiger partial charge in [-0.1, -0.05) is 96.0 Å². The lowest BCUT2D eigenvalue weighted by molar-refractivity contribution is -0.147. The van der Waals surface area contributed by atoms with Crippen molar-refractivity contribution in [1.82, 2.24) is 10.2 Å². The predicted molar refractivity (Wildman–Crippen MR) is 178 cm³/mol. The van der Waals surface area contributed by atoms with Crippen LogP contribution >= 0.6 is 27.5 Å². The lowest BCUT2D eigenvalue weighted by Crippen LogP contribution is -2.59. The van der Waals surface area contributed by atoms with E-state index in [-0.39, 0.29) is 25.5 Å². The van der Waals surface area contributed by atoms with Crippen LogP contribution in [0.25, 0.3) is 0 Å². The topological polar surface area (TPSA) is 125 Å². The number of aliphatic hydroxyl groups excluding tert-OH is 1. The molecule has 3 amide bonds. The van der Waals surface area contributed by atoms with E-state index >= 15 is 4.79 Å². The highest BCUT2D eigenvalue weighted by molar-refractivity contribution is 9.11. The monoisotopic (exact) mass is 725 g/mol. The summed E-state index contributed by atoms with van der Waals surface area (Å²) >= 11 is 10.2. The number of halogens is 2. The Bertz CT molecular complexity index is 1620. The standard InChI is InChI=1S/C35H37BrClN3O7/c1-20(2)26(18-41)40-31-34(45)39(25-14-9-8-13-23(25)37)16-10-4-7-15-27(42)46-19-24(21-11-5-3-6-12-21)38-32(43)28-29(33(40)44)35(31)17-22(36)30(28)47-35/h3-6,8-14,17,20,24,26,28-31,41H,7,15-16,18-19H2,1-2H3,(H,38,43)/b10-4-/t24-,26-,28-,29+,30-,31-,35+/m0/s1. The molecule has 6 rings (SSSR count). The van der Waals surface area contributed by atoms with Gasteiger partial charge in [-0.2, -0.15) is 0 Å². The van der Waals surface area contributed by atoms with Crippen LogP contribution in [0.5, 0.6) is 0 Å². The van der Waals surface area contributed by atoms with Gasteiger partial charge in [0.25, 0.3) is 5.91 Å². The third-order valence-corrected chi connectivity index (χ3v) is 10.5. The predicted octanol–water partition coefficient (Wildman–Crippen LogP) is 4.31. The molecule has 248 valence electrons. The Morgan fingerprint density at radius 3 is 2.47 bits per heavy atom. The van der Waals surface area contributed by atoms with E-state index in [1.807, 2.05) is 44.2 Å². The van der Waals surface area contributed by atoms with E-state index < -0.39 is 72.0 Å². The fraction of sp³-hybridized carbons (Fsp3) is 0.429. The van der Waals surface area contributed by atoms with E-state index in [9.17, 15) is 19.5 Å². The number of carbonyl (C=O) groups excluding carboxylic acids is 4. The molecule has 4 aliphatic heterocycles. The number of cyclic esters (lactones) is 1. The summed E-state index contributed by atoms with van der Waals surface area (Å²) in [6.07, 6.45) is 4.93. The summed E-state index contributed by atoms with van der Waals surface area (Å²) in [7, 11) is 0. The first-order valence-electron chi connectivity index (χ1n) is 15.8. The lowest BCUT2D eigenvalue weighted by atomic mass is 9.74. The molecular weight excluding hydrogens is 690 g/mol. The normalized spacial score (nSPS) is 31.0. The summed E-state index contributed by atoms with van der Waals surface area (Å²) in [6, 6.07) is 13.4. The van der Waals surface area contributed by atoms with Gasteiger partial charge in [0.05, 0.1) is 41.2 Å². The summed E-state index contributed by atoms with van der Waals surface area (Å²) < 4.78 is 12.8. The van der Waals surface area contributed by atoms with Crippen LogP contribution in [0.4, 0.5) is 5.69 Å². The molecule has 0 radical (unpaired) electrons. The number of para-hydroxylation sites is 1. The molecule has 5 bridgehead atoms. The number of nitrogens with zero attached hydrogens (tertiary/aromatic N) is 2. The summed E-state index contributed by atoms with van der Waals surface area (Å²) in [5.74, 6) is -4.13. The van der Waals surface area contributed by atoms with Crippen molar-refractivity contribution in [1.29, 1.82) is 0 Å². The number of carbonyl (C=O) groups is 4. The van der Waals surface area contributed by atoms with E-state index in [0.717, 1.165) is 5.56 Å². The highest BCUT2D eigenvalue weighted by Crippen LogP contribution is 2.59. The Kier molecular flexibility index (Phi) is 9.62. The van der Waals surface area contributed by atoms with Crippen LogP contribution in [-0.2, 0) is 28.7 Å². The molecule has 0 unspecified atom stereocenters. The molecule has 2 aromatic carbocycles. The minimum Gasteiger partial charge on any atom is -0.463 e. The van der Waals surface area contributed by atoms with Gasteiger partial charge in [0, 0.05) is 17.4 Å². The van der Waals surface area contributed by atoms with Gasteiger partial charge in [-0.3, -0.25) is 19.2 Å². The number of hydrogen-bond donors (Lipinski definition) is 2. The molecule has 2 aromatic rings. The smallest absolute Gasteiger partial charge is 0.306 e. The van der Waals surface area contributed by atoms with Gasteiger partial charge >= 0.3 is 5.97 Å². The van der Waals surface area contributed by atoms with Gasteiger partial charge < -0.3 is 29.7 Å². The second-order valence-corrected chi connectivity index (χ2v) is 14.0. The molecule has 2 saturated heterocycles. The van der Waals surface area contributed by atoms with Gasteiger partial charge in [0.2, 0.25) is 11.8 Å². The van der Waals surface area contributed by atoms with Crippen LogP contribution in [0.1, 0.15) is 38.3 Å². The van der Waals surface area contributed by atoms with Crippen molar-refractivity contribution in [2.45, 2.75) is 56.5 Å². The van der Waals surface area contributed by atoms with Crippen molar-refractivity contribution >= 4 is 56.9 Å². The number of ether oxygens (including phenoxy) is 2. The van der Waals surface area contributed by atoms with Crippen molar-refractivity contribution in [3.63, 3.8) is 0 Å². The number of amides is 3. The first kappa shape index (κ1) is 33.4. The van der Waals surface area contributed by atoms with Crippen LogP contribution in [0.15, 0.2) is 77.3 Å². The first-order chi connectivity index (χ1) is 22.6. The number of benzene rings is 2. The van der Waals surface area contributed by atoms with E-state index in [1.165, 1.54) is 9.80 Å². The van der Waals surface area contributed by atoms with Gasteiger partial charge in [0.15, 0.2) is 0 Å². The minimum absolute atomic E-state index is 0.0800. The first-order valence-corrected chi connectivity index (χ1v) is 17.0. The lowest BCUT2D eigenvalue weighted by Gasteiger charge is -2.40. The maximum Gasteiger partial charge on any atom is 0.306 e. The molecule has 0 aliphatic carbocycles. The Labute approximate surface area is 286 Å². The number of fused-ring (bicyclic) bond motifs is 2. The third-order valence-electron chi connectivity index (χ3n) is 9.52. The molecule has 4 aliphatic rings. The second kappa shape index (κ2) is 13.5. The van der Waals surface area contributed by atoms with Gasteiger partial charge in [-0.15, -0.1) is 0 Å². The fourth-order valence-corrected chi connectivity index (χ4v) is 8.23. The molecular formula is C35H37BrClN3O7. The number of allylic oxidation sites excluding steroid dienone is 1. The molecule has 0 saturated carbocycles. The molecule has 1 spiro atoms. The van der Waals surface area contributed by atoms with Crippen molar-refractivity contribution in [3.8, 4) is 0 Å². The zero-order valence-corrected chi connectivity index (χ0v) is 28.4. The quantitative estimate of drug-likeness (QED) is 0.348. The zero-order valence-electron chi connectivity index (χ0n) is 26.1. The highest BCUT2D eigenvalue weighted by atomic mass is 79.9. The summed E-state index contributed by atoms with van der Waals surface area (Å²) in [5.41, 5.74) is -0.356. The average molecular weight is 727 g/mol. The van der Waals surface area contributed by atoms with E-state index in [2.05, 4.69) is 21.2 Å². The van der Waals surface area contributed by atoms with Crippen LogP contribution in [-0.4, -0.2) is 77.2 Å². The largest absolute Gasteiger partial charge is 0.463 e. The van der Waals surface area contributed by atoms with Crippen molar-refractivity contribution < 1.29 is 33.8 Å². The van der Waals surface area contributed by atoms with E-state index in [0.29, 0.717) is 21.6 Å². The van der Waals surface area contributed by atoms with Crippen LogP contribution < -0.4 is 10.2 Å². The number of nitrogens with one attached hydrogen (secondary N) is 1. The van der Waals surface area contributed by atoms with Crippen molar-refractivity contribution in [2.24, 2.45) is 17.8 Å². The molecule has 2 N–H and O–H groups in total. The number of anilines is 1. The maximum atomic E-state index is 15.0. The molecule has 7 atom stereocenters. The Morgan fingerprint density at radius 2 is 1.77 bits per heavy atom. The van der Waals surface area contributed by atoms with Gasteiger partial charge in [0.1, 0.15) is 24.4 Å². The number of aliphatic hydroxyl groups is 1. The SMILES string of the molecule is CC(C)[C@H](CO)N1C(=O)[C@H]2[C@@H]3C(=O)N[C@H](c4ccccc4)COC(=O)CC/C=C\CN(c4ccccc4Cl)C(=O)[C@H]1[C@@]21C=C(Br)[C@@H]3O1. The van der Waals surface area contributed by atoms with Gasteiger partial charge in [-0.25, -0.2) is 0 Å². The van der Waals surface area contributed by atoms with Crippen LogP contribution in [0.2, 0.25) is 5.02 Å². The number of esters is 1. The van der Waals surface area contributed by atoms with Crippen LogP contribution in [0, 0.1) is 17.8 Å². The Morgan fingerprint density at radius 1 is 1.04 bits per heavy atom. The minimum atomic E-state index is -1.51. The van der Waals surface area contributed by atoms with Crippen LogP contribution in [0.3, 0.4) is 0 Å². The van der Waals surface area contributed by atoms with E-state index in [1.54, 1.807) is 42.5 Å². The molecule has 47 heavy (non-hydrogen) atoms. The second-order valence-electron chi connectivity index (χ2n) is 12.6. The van der Waals surface area contributed by atoms with E-state index in [4.69, 9.17) is 21.1 Å². The molecule has 10 nitrogen and oxygen atoms in total. The highest BCUT2D eigenvalue weighted by Gasteiger charge is 2.75. The molecule has 12 heteroatoms. The number of likely N-dealkylation sites (tertiary alicyclic amines) is 1. The number of rotatable bonds is 5. The molecule has 4 heterocycles. The third kappa shape index (κ3) is 5.92. The molecule has 0 aromatic heterocycles. The van der Waals surface area contributed by atoms with Crippen molar-refractivity contribution in [2.75, 3.05) is 24.7 Å².